The number of amides is 1. The van der Waals surface area contributed by atoms with Gasteiger partial charge < -0.3 is 15.6 Å². The third-order valence-electron chi connectivity index (χ3n) is 2.57. The van der Waals surface area contributed by atoms with Gasteiger partial charge in [-0.25, -0.2) is 4.79 Å². The fourth-order valence-electron chi connectivity index (χ4n) is 1.75. The predicted octanol–water partition coefficient (Wildman–Crippen LogP) is 2.47. The number of rotatable bonds is 3. The van der Waals surface area contributed by atoms with E-state index in [1.807, 2.05) is 30.3 Å². The summed E-state index contributed by atoms with van der Waals surface area (Å²) in [6.45, 7) is 2.54. The van der Waals surface area contributed by atoms with Gasteiger partial charge in [0.25, 0.3) is 0 Å². The minimum atomic E-state index is -1.13. The molecule has 0 radical (unpaired) electrons. The number of carboxylic acid groups (broad SMARTS) is 1. The summed E-state index contributed by atoms with van der Waals surface area (Å²) in [5.41, 5.74) is 6.16. The lowest BCUT2D eigenvalue weighted by Gasteiger charge is -2.08. The van der Waals surface area contributed by atoms with Crippen molar-refractivity contribution < 1.29 is 24.2 Å². The Morgan fingerprint density at radius 1 is 0.957 bits per heavy atom. The summed E-state index contributed by atoms with van der Waals surface area (Å²) >= 11 is 0. The number of hydrogen-bond donors (Lipinski definition) is 2. The van der Waals surface area contributed by atoms with Gasteiger partial charge in [-0.15, -0.1) is 0 Å². The van der Waals surface area contributed by atoms with Gasteiger partial charge in [-0.3, -0.25) is 9.59 Å². The number of ether oxygens (including phenoxy) is 1. The molecule has 0 aromatic heterocycles. The average Bonchev–Trinajstić information content (AvgIpc) is 2.46. The highest BCUT2D eigenvalue weighted by atomic mass is 16.5. The number of carbonyl (C=O) groups excluding carboxylic acids is 2. The van der Waals surface area contributed by atoms with Crippen LogP contribution in [0.5, 0.6) is 5.75 Å². The third kappa shape index (κ3) is 6.01. The van der Waals surface area contributed by atoms with E-state index in [1.54, 1.807) is 12.1 Å². The van der Waals surface area contributed by atoms with Crippen molar-refractivity contribution in [3.8, 4) is 16.9 Å². The Bertz CT molecular complexity index is 706. The van der Waals surface area contributed by atoms with Crippen LogP contribution in [-0.2, 0) is 9.59 Å². The molecule has 0 saturated carbocycles. The van der Waals surface area contributed by atoms with Crippen molar-refractivity contribution in [3.63, 3.8) is 0 Å². The lowest BCUT2D eigenvalue weighted by molar-refractivity contribution is -0.131. The number of nitrogens with two attached hydrogens (primary N) is 1. The van der Waals surface area contributed by atoms with Crippen LogP contribution in [0.2, 0.25) is 0 Å². The van der Waals surface area contributed by atoms with E-state index in [2.05, 4.69) is 5.73 Å². The van der Waals surface area contributed by atoms with Crippen LogP contribution in [-0.4, -0.2) is 23.0 Å². The van der Waals surface area contributed by atoms with Gasteiger partial charge in [-0.1, -0.05) is 36.4 Å². The second-order valence-electron chi connectivity index (χ2n) is 4.59. The molecule has 0 saturated heterocycles. The Morgan fingerprint density at radius 2 is 1.52 bits per heavy atom. The van der Waals surface area contributed by atoms with Gasteiger partial charge in [-0.05, 0) is 23.3 Å². The SMILES string of the molecule is CC(=O)Oc1cc(-c2ccccc2)ccc1C(=O)O.CC(N)=O. The maximum absolute atomic E-state index is 11.1. The summed E-state index contributed by atoms with van der Waals surface area (Å²) in [5.74, 6) is -1.95. The lowest BCUT2D eigenvalue weighted by atomic mass is 10.0. The molecule has 0 bridgehead atoms. The van der Waals surface area contributed by atoms with Crippen LogP contribution >= 0.6 is 0 Å². The van der Waals surface area contributed by atoms with Crippen LogP contribution in [0.4, 0.5) is 0 Å². The Balaban J connectivity index is 0.000000593. The Kier molecular flexibility index (Phi) is 6.48. The molecule has 2 rings (SSSR count). The molecule has 2 aromatic rings. The Labute approximate surface area is 133 Å². The first-order valence-corrected chi connectivity index (χ1v) is 6.68. The standard InChI is InChI=1S/C15H12O4.C2H5NO/c1-10(16)19-14-9-12(7-8-13(14)15(17)18)11-5-3-2-4-6-11;1-2(3)4/h2-9H,1H3,(H,17,18);1H3,(H2,3,4). The van der Waals surface area contributed by atoms with Crippen LogP contribution in [0.15, 0.2) is 48.5 Å². The summed E-state index contributed by atoms with van der Waals surface area (Å²) in [6.07, 6.45) is 0. The normalized spacial score (nSPS) is 9.30. The molecule has 0 atom stereocenters. The summed E-state index contributed by atoms with van der Waals surface area (Å²) in [7, 11) is 0. The van der Waals surface area contributed by atoms with Crippen LogP contribution in [0.25, 0.3) is 11.1 Å². The Morgan fingerprint density at radius 3 is 2.00 bits per heavy atom. The number of carboxylic acids is 1. The van der Waals surface area contributed by atoms with Gasteiger partial charge in [0.15, 0.2) is 0 Å². The molecule has 6 heteroatoms. The molecule has 1 amide bonds. The van der Waals surface area contributed by atoms with E-state index in [0.717, 1.165) is 11.1 Å². The number of primary amides is 1. The van der Waals surface area contributed by atoms with E-state index < -0.39 is 11.9 Å². The second kappa shape index (κ2) is 8.33. The summed E-state index contributed by atoms with van der Waals surface area (Å²) in [5, 5.41) is 9.05. The molecular formula is C17H17NO5. The molecule has 120 valence electrons. The zero-order chi connectivity index (χ0) is 17.4. The smallest absolute Gasteiger partial charge is 0.339 e. The fourth-order valence-corrected chi connectivity index (χ4v) is 1.75. The van der Waals surface area contributed by atoms with Crippen LogP contribution in [0.1, 0.15) is 24.2 Å². The van der Waals surface area contributed by atoms with Crippen molar-refractivity contribution in [2.24, 2.45) is 5.73 Å². The zero-order valence-corrected chi connectivity index (χ0v) is 12.8. The van der Waals surface area contributed by atoms with Gasteiger partial charge in [-0.2, -0.15) is 0 Å². The first kappa shape index (κ1) is 17.9. The van der Waals surface area contributed by atoms with Crippen molar-refractivity contribution in [3.05, 3.63) is 54.1 Å². The third-order valence-corrected chi connectivity index (χ3v) is 2.57. The molecule has 0 aliphatic rings. The van der Waals surface area contributed by atoms with Crippen molar-refractivity contribution in [1.29, 1.82) is 0 Å². The van der Waals surface area contributed by atoms with Crippen molar-refractivity contribution in [2.75, 3.05) is 0 Å². The molecule has 0 spiro atoms. The van der Waals surface area contributed by atoms with Crippen molar-refractivity contribution in [1.82, 2.24) is 0 Å². The monoisotopic (exact) mass is 315 g/mol. The fraction of sp³-hybridized carbons (Fsp3) is 0.118. The van der Waals surface area contributed by atoms with Gasteiger partial charge in [0.2, 0.25) is 5.91 Å². The van der Waals surface area contributed by atoms with E-state index in [4.69, 9.17) is 9.84 Å². The largest absolute Gasteiger partial charge is 0.478 e. The van der Waals surface area contributed by atoms with Crippen molar-refractivity contribution >= 4 is 17.8 Å². The highest BCUT2D eigenvalue weighted by molar-refractivity contribution is 5.93. The summed E-state index contributed by atoms with van der Waals surface area (Å²) < 4.78 is 4.95. The van der Waals surface area contributed by atoms with E-state index in [9.17, 15) is 14.4 Å². The summed E-state index contributed by atoms with van der Waals surface area (Å²) in [4.78, 5) is 31.3. The number of hydrogen-bond acceptors (Lipinski definition) is 4. The first-order chi connectivity index (χ1) is 10.8. The molecule has 0 heterocycles. The van der Waals surface area contributed by atoms with Crippen molar-refractivity contribution in [2.45, 2.75) is 13.8 Å². The number of benzene rings is 2. The van der Waals surface area contributed by atoms with Crippen LogP contribution in [0, 0.1) is 0 Å². The highest BCUT2D eigenvalue weighted by Gasteiger charge is 2.14. The van der Waals surface area contributed by atoms with Crippen LogP contribution in [0.3, 0.4) is 0 Å². The highest BCUT2D eigenvalue weighted by Crippen LogP contribution is 2.27. The summed E-state index contributed by atoms with van der Waals surface area (Å²) in [6, 6.07) is 14.1. The minimum Gasteiger partial charge on any atom is -0.478 e. The Hall–Kier alpha value is -3.15. The molecule has 0 aliphatic carbocycles. The molecular weight excluding hydrogens is 298 g/mol. The zero-order valence-electron chi connectivity index (χ0n) is 12.8. The maximum Gasteiger partial charge on any atom is 0.339 e. The van der Waals surface area contributed by atoms with E-state index in [1.165, 1.54) is 19.9 Å². The second-order valence-corrected chi connectivity index (χ2v) is 4.59. The maximum atomic E-state index is 11.1. The number of esters is 1. The number of aromatic carboxylic acids is 1. The minimum absolute atomic E-state index is 0.0325. The van der Waals surface area contributed by atoms with E-state index in [0.29, 0.717) is 0 Å². The van der Waals surface area contributed by atoms with Gasteiger partial charge in [0, 0.05) is 13.8 Å². The molecule has 6 nitrogen and oxygen atoms in total. The topological polar surface area (TPSA) is 107 Å². The molecule has 23 heavy (non-hydrogen) atoms. The van der Waals surface area contributed by atoms with E-state index >= 15 is 0 Å². The predicted molar refractivity (Wildman–Crippen MR) is 85.0 cm³/mol. The van der Waals surface area contributed by atoms with Gasteiger partial charge >= 0.3 is 11.9 Å². The molecule has 0 fully saturated rings. The quantitative estimate of drug-likeness (QED) is 0.668. The molecule has 2 aromatic carbocycles. The molecule has 0 unspecified atom stereocenters. The van der Waals surface area contributed by atoms with Gasteiger partial charge in [0.05, 0.1) is 0 Å². The lowest BCUT2D eigenvalue weighted by Crippen LogP contribution is -2.07. The molecule has 0 aliphatic heterocycles. The molecule has 3 N–H and O–H groups in total. The average molecular weight is 315 g/mol. The first-order valence-electron chi connectivity index (χ1n) is 6.68. The van der Waals surface area contributed by atoms with Gasteiger partial charge in [0.1, 0.15) is 11.3 Å². The number of carbonyl (C=O) groups is 3. The van der Waals surface area contributed by atoms with E-state index in [-0.39, 0.29) is 17.2 Å². The van der Waals surface area contributed by atoms with Crippen LogP contribution < -0.4 is 10.5 Å².